The second-order valence-electron chi connectivity index (χ2n) is 10.1. The number of aryl methyl sites for hydroxylation is 1. The molecule has 2 aliphatic rings. The van der Waals surface area contributed by atoms with Gasteiger partial charge in [0.15, 0.2) is 0 Å². The molecule has 10 nitrogen and oxygen atoms in total. The first-order valence-corrected chi connectivity index (χ1v) is 13.3. The predicted octanol–water partition coefficient (Wildman–Crippen LogP) is 2.46. The van der Waals surface area contributed by atoms with E-state index in [0.717, 1.165) is 18.2 Å². The van der Waals surface area contributed by atoms with E-state index >= 15 is 0 Å². The van der Waals surface area contributed by atoms with Gasteiger partial charge in [-0.25, -0.2) is 4.79 Å². The standard InChI is InChI=1S/C28H27N3O7S/c1-4-14-10-11-16-18(12-14)38-13-17(21(16)32)23(33)29-19(15-8-6-5-7-9-15)24(34)30-20-25(35)31-22(27(36)37)28(2,3)39-26(20)31/h5-13,19-20,22,26H,4H2,1-3H3,(H,29,33)(H,30,34)(H,36,37)/t19?,20-,22+,26-/m1/s1. The van der Waals surface area contributed by atoms with Crippen LogP contribution in [0, 0.1) is 0 Å². The number of hydrogen-bond donors (Lipinski definition) is 3. The zero-order valence-electron chi connectivity index (χ0n) is 21.5. The van der Waals surface area contributed by atoms with Crippen LogP contribution in [0.15, 0.2) is 64.0 Å². The smallest absolute Gasteiger partial charge is 0.327 e. The molecule has 11 heteroatoms. The van der Waals surface area contributed by atoms with Gasteiger partial charge in [-0.3, -0.25) is 19.2 Å². The van der Waals surface area contributed by atoms with Crippen LogP contribution >= 0.6 is 11.8 Å². The van der Waals surface area contributed by atoms with Crippen LogP contribution in [0.2, 0.25) is 0 Å². The van der Waals surface area contributed by atoms with Gasteiger partial charge in [0, 0.05) is 4.75 Å². The Labute approximate surface area is 227 Å². The zero-order valence-corrected chi connectivity index (χ0v) is 22.3. The maximum Gasteiger partial charge on any atom is 0.327 e. The van der Waals surface area contributed by atoms with Gasteiger partial charge in [0.05, 0.1) is 5.39 Å². The van der Waals surface area contributed by atoms with Gasteiger partial charge in [0.2, 0.25) is 17.2 Å². The van der Waals surface area contributed by atoms with Gasteiger partial charge in [0.1, 0.15) is 40.9 Å². The first-order chi connectivity index (χ1) is 18.5. The summed E-state index contributed by atoms with van der Waals surface area (Å²) in [4.78, 5) is 65.8. The largest absolute Gasteiger partial charge is 0.480 e. The van der Waals surface area contributed by atoms with Gasteiger partial charge in [-0.2, -0.15) is 0 Å². The van der Waals surface area contributed by atoms with Gasteiger partial charge in [-0.1, -0.05) is 43.3 Å². The molecular formula is C28H27N3O7S. The number of benzene rings is 2. The van der Waals surface area contributed by atoms with Crippen molar-refractivity contribution in [2.24, 2.45) is 0 Å². The van der Waals surface area contributed by atoms with Crippen molar-refractivity contribution in [3.05, 3.63) is 81.7 Å². The van der Waals surface area contributed by atoms with Gasteiger partial charge in [-0.05, 0) is 43.5 Å². The Balaban J connectivity index is 1.39. The molecular weight excluding hydrogens is 522 g/mol. The molecule has 2 fully saturated rings. The highest BCUT2D eigenvalue weighted by Crippen LogP contribution is 2.50. The minimum absolute atomic E-state index is 0.245. The molecule has 2 saturated heterocycles. The molecule has 0 saturated carbocycles. The van der Waals surface area contributed by atoms with Crippen molar-refractivity contribution in [3.8, 4) is 0 Å². The number of nitrogens with one attached hydrogen (secondary N) is 2. The molecule has 0 radical (unpaired) electrons. The number of hydrogen-bond acceptors (Lipinski definition) is 7. The maximum atomic E-state index is 13.5. The normalized spacial score (nSPS) is 22.1. The summed E-state index contributed by atoms with van der Waals surface area (Å²) in [7, 11) is 0. The number of aliphatic carboxylic acids is 1. The van der Waals surface area contributed by atoms with Crippen molar-refractivity contribution in [2.75, 3.05) is 0 Å². The Morgan fingerprint density at radius 2 is 1.85 bits per heavy atom. The molecule has 3 amide bonds. The summed E-state index contributed by atoms with van der Waals surface area (Å²) < 4.78 is 4.82. The van der Waals surface area contributed by atoms with Crippen molar-refractivity contribution in [3.63, 3.8) is 0 Å². The summed E-state index contributed by atoms with van der Waals surface area (Å²) >= 11 is 1.30. The first kappa shape index (κ1) is 26.5. The topological polar surface area (TPSA) is 146 Å². The fourth-order valence-corrected chi connectivity index (χ4v) is 6.71. The van der Waals surface area contributed by atoms with E-state index in [1.165, 1.54) is 16.7 Å². The molecule has 39 heavy (non-hydrogen) atoms. The minimum atomic E-state index is -1.23. The number of carbonyl (C=O) groups excluding carboxylic acids is 3. The summed E-state index contributed by atoms with van der Waals surface area (Å²) in [5.41, 5.74) is 0.985. The van der Waals surface area contributed by atoms with E-state index in [4.69, 9.17) is 4.42 Å². The van der Waals surface area contributed by atoms with Crippen LogP contribution in [-0.2, 0) is 20.8 Å². The molecule has 1 aromatic heterocycles. The average Bonchev–Trinajstić information content (AvgIpc) is 3.18. The van der Waals surface area contributed by atoms with Crippen LogP contribution in [0.5, 0.6) is 0 Å². The average molecular weight is 550 g/mol. The number of amides is 3. The molecule has 3 heterocycles. The van der Waals surface area contributed by atoms with E-state index in [2.05, 4.69) is 10.6 Å². The molecule has 2 aromatic carbocycles. The fourth-order valence-electron chi connectivity index (χ4n) is 5.09. The van der Waals surface area contributed by atoms with Crippen molar-refractivity contribution in [1.82, 2.24) is 15.5 Å². The Morgan fingerprint density at radius 1 is 1.13 bits per heavy atom. The predicted molar refractivity (Wildman–Crippen MR) is 144 cm³/mol. The van der Waals surface area contributed by atoms with E-state index in [1.807, 2.05) is 6.92 Å². The van der Waals surface area contributed by atoms with Crippen molar-refractivity contribution >= 4 is 46.4 Å². The number of rotatable bonds is 7. The van der Waals surface area contributed by atoms with Crippen LogP contribution in [0.25, 0.3) is 11.0 Å². The fraction of sp³-hybridized carbons (Fsp3) is 0.321. The third-order valence-electron chi connectivity index (χ3n) is 7.14. The van der Waals surface area contributed by atoms with Crippen molar-refractivity contribution in [1.29, 1.82) is 0 Å². The molecule has 0 aliphatic carbocycles. The van der Waals surface area contributed by atoms with Gasteiger partial charge in [0.25, 0.3) is 5.91 Å². The van der Waals surface area contributed by atoms with E-state index in [1.54, 1.807) is 62.4 Å². The Hall–Kier alpha value is -4.12. The molecule has 5 rings (SSSR count). The van der Waals surface area contributed by atoms with Crippen LogP contribution < -0.4 is 16.1 Å². The molecule has 2 aliphatic heterocycles. The number of thioether (sulfide) groups is 1. The second kappa shape index (κ2) is 9.88. The van der Waals surface area contributed by atoms with Crippen LogP contribution in [0.3, 0.4) is 0 Å². The van der Waals surface area contributed by atoms with Crippen LogP contribution in [0.4, 0.5) is 0 Å². The number of β-lactam (4-membered cyclic amide) rings is 1. The Kier molecular flexibility index (Phi) is 6.71. The lowest BCUT2D eigenvalue weighted by Gasteiger charge is -2.44. The van der Waals surface area contributed by atoms with Gasteiger partial charge < -0.3 is 25.1 Å². The zero-order chi connectivity index (χ0) is 28.1. The minimum Gasteiger partial charge on any atom is -0.480 e. The molecule has 3 aromatic rings. The summed E-state index contributed by atoms with van der Waals surface area (Å²) in [5, 5.41) is 14.6. The Bertz CT molecular complexity index is 1550. The number of fused-ring (bicyclic) bond motifs is 2. The van der Waals surface area contributed by atoms with Crippen LogP contribution in [-0.4, -0.2) is 55.9 Å². The maximum absolute atomic E-state index is 13.5. The first-order valence-electron chi connectivity index (χ1n) is 12.5. The van der Waals surface area contributed by atoms with E-state index in [9.17, 15) is 29.1 Å². The van der Waals surface area contributed by atoms with E-state index < -0.39 is 57.4 Å². The number of carboxylic acids is 1. The Morgan fingerprint density at radius 3 is 2.51 bits per heavy atom. The highest BCUT2D eigenvalue weighted by atomic mass is 32.2. The van der Waals surface area contributed by atoms with Crippen molar-refractivity contribution in [2.45, 2.75) is 55.4 Å². The quantitative estimate of drug-likeness (QED) is 0.381. The van der Waals surface area contributed by atoms with Crippen molar-refractivity contribution < 1.29 is 28.7 Å². The molecule has 202 valence electrons. The van der Waals surface area contributed by atoms with Crippen LogP contribution in [0.1, 0.15) is 48.3 Å². The monoisotopic (exact) mass is 549 g/mol. The SMILES string of the molecule is CCc1ccc2c(=O)c(C(=O)NC(C(=O)N[C@@H]3C(=O)N4[C@@H]3SC(C)(C)[C@@H]4C(=O)O)c3ccccc3)coc2c1. The lowest BCUT2D eigenvalue weighted by atomic mass is 9.95. The molecule has 0 bridgehead atoms. The summed E-state index contributed by atoms with van der Waals surface area (Å²) in [6, 6.07) is 10.4. The van der Waals surface area contributed by atoms with E-state index in [0.29, 0.717) is 11.1 Å². The molecule has 4 atom stereocenters. The molecule has 3 N–H and O–H groups in total. The lowest BCUT2D eigenvalue weighted by Crippen LogP contribution is -2.71. The number of carboxylic acid groups (broad SMARTS) is 1. The lowest BCUT2D eigenvalue weighted by molar-refractivity contribution is -0.161. The van der Waals surface area contributed by atoms with Gasteiger partial charge in [-0.15, -0.1) is 11.8 Å². The molecule has 0 spiro atoms. The third-order valence-corrected chi connectivity index (χ3v) is 8.71. The number of carbonyl (C=O) groups is 4. The number of nitrogens with zero attached hydrogens (tertiary/aromatic N) is 1. The summed E-state index contributed by atoms with van der Waals surface area (Å²) in [6.07, 6.45) is 1.83. The van der Waals surface area contributed by atoms with Gasteiger partial charge >= 0.3 is 5.97 Å². The summed E-state index contributed by atoms with van der Waals surface area (Å²) in [6.45, 7) is 5.46. The second-order valence-corrected chi connectivity index (χ2v) is 11.8. The summed E-state index contributed by atoms with van der Waals surface area (Å²) in [5.74, 6) is -3.08. The van der Waals surface area contributed by atoms with E-state index in [-0.39, 0.29) is 10.9 Å². The highest BCUT2D eigenvalue weighted by molar-refractivity contribution is 8.01. The molecule has 1 unspecified atom stereocenters. The third kappa shape index (κ3) is 4.56. The highest BCUT2D eigenvalue weighted by Gasteiger charge is 2.64.